The minimum atomic E-state index is -0.470. The molecule has 1 atom stereocenters. The van der Waals surface area contributed by atoms with Gasteiger partial charge in [0.05, 0.1) is 6.61 Å². The minimum Gasteiger partial charge on any atom is -0.396 e. The number of aliphatic hydroxyl groups is 1. The lowest BCUT2D eigenvalue weighted by molar-refractivity contribution is 0.263. The molecule has 2 aromatic rings. The highest BCUT2D eigenvalue weighted by molar-refractivity contribution is 9.10. The van der Waals surface area contributed by atoms with Crippen molar-refractivity contribution in [2.45, 2.75) is 12.3 Å². The Kier molecular flexibility index (Phi) is 4.66. The van der Waals surface area contributed by atoms with Crippen LogP contribution in [0.5, 0.6) is 0 Å². The van der Waals surface area contributed by atoms with Crippen LogP contribution in [0.4, 0.5) is 8.78 Å². The molecule has 0 aromatic heterocycles. The van der Waals surface area contributed by atoms with E-state index in [1.807, 2.05) is 24.3 Å². The maximum Gasteiger partial charge on any atom is 0.126 e. The highest BCUT2D eigenvalue weighted by Crippen LogP contribution is 2.25. The molecule has 4 heteroatoms. The Morgan fingerprint density at radius 1 is 1.11 bits per heavy atom. The fraction of sp³-hybridized carbons (Fsp3) is 0.200. The molecule has 0 radical (unpaired) electrons. The lowest BCUT2D eigenvalue weighted by atomic mass is 9.92. The Morgan fingerprint density at radius 2 is 1.89 bits per heavy atom. The number of benzene rings is 2. The Bertz CT molecular complexity index is 572. The second-order valence-corrected chi connectivity index (χ2v) is 5.29. The fourth-order valence-electron chi connectivity index (χ4n) is 2.01. The Balaban J connectivity index is 2.26. The van der Waals surface area contributed by atoms with Gasteiger partial charge in [-0.2, -0.15) is 0 Å². The van der Waals surface area contributed by atoms with Gasteiger partial charge in [0, 0.05) is 10.4 Å². The van der Waals surface area contributed by atoms with Crippen LogP contribution < -0.4 is 0 Å². The molecule has 0 amide bonds. The summed E-state index contributed by atoms with van der Waals surface area (Å²) < 4.78 is 27.6. The van der Waals surface area contributed by atoms with Gasteiger partial charge in [-0.3, -0.25) is 0 Å². The average molecular weight is 327 g/mol. The molecule has 0 saturated carbocycles. The molecule has 0 heterocycles. The standard InChI is InChI=1S/C15H13BrF2O/c16-13-3-1-2-10(7-13)12(9-19)6-11-8-14(17)4-5-15(11)18/h1-5,7-8,12,19H,6,9H2. The van der Waals surface area contributed by atoms with Crippen molar-refractivity contribution in [3.8, 4) is 0 Å². The summed E-state index contributed by atoms with van der Waals surface area (Å²) >= 11 is 3.36. The molecule has 100 valence electrons. The van der Waals surface area contributed by atoms with E-state index >= 15 is 0 Å². The normalized spacial score (nSPS) is 12.4. The lowest BCUT2D eigenvalue weighted by Crippen LogP contribution is -2.09. The summed E-state index contributed by atoms with van der Waals surface area (Å²) in [5.74, 6) is -1.18. The minimum absolute atomic E-state index is 0.119. The van der Waals surface area contributed by atoms with E-state index in [0.29, 0.717) is 0 Å². The quantitative estimate of drug-likeness (QED) is 0.898. The number of hydrogen-bond donors (Lipinski definition) is 1. The molecule has 0 spiro atoms. The number of rotatable bonds is 4. The summed E-state index contributed by atoms with van der Waals surface area (Å²) in [5, 5.41) is 9.46. The molecule has 1 unspecified atom stereocenters. The molecule has 2 rings (SSSR count). The van der Waals surface area contributed by atoms with Gasteiger partial charge in [0.2, 0.25) is 0 Å². The fourth-order valence-corrected chi connectivity index (χ4v) is 2.43. The first-order chi connectivity index (χ1) is 9.10. The molecule has 1 N–H and O–H groups in total. The highest BCUT2D eigenvalue weighted by Gasteiger charge is 2.14. The maximum atomic E-state index is 13.6. The number of halogens is 3. The van der Waals surface area contributed by atoms with Gasteiger partial charge < -0.3 is 5.11 Å². The summed E-state index contributed by atoms with van der Waals surface area (Å²) in [6.07, 6.45) is 0.260. The van der Waals surface area contributed by atoms with Crippen LogP contribution in [0.15, 0.2) is 46.9 Å². The first-order valence-corrected chi connectivity index (χ1v) is 6.69. The van der Waals surface area contributed by atoms with Gasteiger partial charge in [-0.1, -0.05) is 28.1 Å². The van der Waals surface area contributed by atoms with Crippen LogP contribution in [0.1, 0.15) is 17.0 Å². The van der Waals surface area contributed by atoms with Crippen LogP contribution in [0.3, 0.4) is 0 Å². The van der Waals surface area contributed by atoms with E-state index in [0.717, 1.165) is 22.2 Å². The Labute approximate surface area is 119 Å². The predicted molar refractivity (Wildman–Crippen MR) is 74.0 cm³/mol. The molecular weight excluding hydrogens is 314 g/mol. The van der Waals surface area contributed by atoms with Crippen LogP contribution in [0.2, 0.25) is 0 Å². The van der Waals surface area contributed by atoms with Gasteiger partial charge in [0.15, 0.2) is 0 Å². The van der Waals surface area contributed by atoms with E-state index in [-0.39, 0.29) is 24.5 Å². The first kappa shape index (κ1) is 14.2. The van der Waals surface area contributed by atoms with Crippen LogP contribution in [-0.4, -0.2) is 11.7 Å². The monoisotopic (exact) mass is 326 g/mol. The van der Waals surface area contributed by atoms with Crippen molar-refractivity contribution in [3.05, 3.63) is 69.7 Å². The van der Waals surface area contributed by atoms with Gasteiger partial charge in [0.25, 0.3) is 0 Å². The van der Waals surface area contributed by atoms with Gasteiger partial charge in [0.1, 0.15) is 11.6 Å². The zero-order valence-electron chi connectivity index (χ0n) is 10.1. The van der Waals surface area contributed by atoms with Crippen molar-refractivity contribution >= 4 is 15.9 Å². The van der Waals surface area contributed by atoms with E-state index in [9.17, 15) is 13.9 Å². The van der Waals surface area contributed by atoms with E-state index in [1.54, 1.807) is 0 Å². The molecule has 19 heavy (non-hydrogen) atoms. The van der Waals surface area contributed by atoms with Gasteiger partial charge >= 0.3 is 0 Å². The zero-order chi connectivity index (χ0) is 13.8. The molecule has 0 aliphatic carbocycles. The molecule has 2 aromatic carbocycles. The van der Waals surface area contributed by atoms with Crippen molar-refractivity contribution in [3.63, 3.8) is 0 Å². The number of aliphatic hydroxyl groups excluding tert-OH is 1. The SMILES string of the molecule is OCC(Cc1cc(F)ccc1F)c1cccc(Br)c1. The Morgan fingerprint density at radius 3 is 2.58 bits per heavy atom. The topological polar surface area (TPSA) is 20.2 Å². The summed E-state index contributed by atoms with van der Waals surface area (Å²) in [4.78, 5) is 0. The van der Waals surface area contributed by atoms with Crippen LogP contribution in [0, 0.1) is 11.6 Å². The average Bonchev–Trinajstić information content (AvgIpc) is 2.39. The van der Waals surface area contributed by atoms with E-state index < -0.39 is 11.6 Å². The van der Waals surface area contributed by atoms with Crippen molar-refractivity contribution in [2.75, 3.05) is 6.61 Å². The molecule has 0 aliphatic heterocycles. The second kappa shape index (κ2) is 6.26. The summed E-state index contributed by atoms with van der Waals surface area (Å²) in [7, 11) is 0. The third-order valence-corrected chi connectivity index (χ3v) is 3.51. The lowest BCUT2D eigenvalue weighted by Gasteiger charge is -2.15. The molecule has 0 bridgehead atoms. The third kappa shape index (κ3) is 3.61. The predicted octanol–water partition coefficient (Wildman–Crippen LogP) is 4.05. The van der Waals surface area contributed by atoms with Crippen LogP contribution in [0.25, 0.3) is 0 Å². The van der Waals surface area contributed by atoms with E-state index in [2.05, 4.69) is 15.9 Å². The summed E-state index contributed by atoms with van der Waals surface area (Å²) in [6.45, 7) is -0.119. The molecule has 1 nitrogen and oxygen atoms in total. The summed E-state index contributed by atoms with van der Waals surface area (Å²) in [5.41, 5.74) is 1.17. The van der Waals surface area contributed by atoms with Crippen LogP contribution in [-0.2, 0) is 6.42 Å². The van der Waals surface area contributed by atoms with Crippen LogP contribution >= 0.6 is 15.9 Å². The third-order valence-electron chi connectivity index (χ3n) is 3.01. The van der Waals surface area contributed by atoms with Gasteiger partial charge in [-0.25, -0.2) is 8.78 Å². The highest BCUT2D eigenvalue weighted by atomic mass is 79.9. The van der Waals surface area contributed by atoms with Crippen molar-refractivity contribution in [1.29, 1.82) is 0 Å². The van der Waals surface area contributed by atoms with Crippen molar-refractivity contribution in [1.82, 2.24) is 0 Å². The van der Waals surface area contributed by atoms with Crippen molar-refractivity contribution < 1.29 is 13.9 Å². The van der Waals surface area contributed by atoms with E-state index in [4.69, 9.17) is 0 Å². The first-order valence-electron chi connectivity index (χ1n) is 5.90. The molecular formula is C15H13BrF2O. The maximum absolute atomic E-state index is 13.6. The summed E-state index contributed by atoms with van der Waals surface area (Å²) in [6, 6.07) is 10.8. The second-order valence-electron chi connectivity index (χ2n) is 4.37. The van der Waals surface area contributed by atoms with Gasteiger partial charge in [-0.05, 0) is 47.9 Å². The molecule has 0 fully saturated rings. The zero-order valence-corrected chi connectivity index (χ0v) is 11.7. The van der Waals surface area contributed by atoms with Crippen molar-refractivity contribution in [2.24, 2.45) is 0 Å². The Hall–Kier alpha value is -1.26. The van der Waals surface area contributed by atoms with Gasteiger partial charge in [-0.15, -0.1) is 0 Å². The largest absolute Gasteiger partial charge is 0.396 e. The molecule has 0 aliphatic rings. The smallest absolute Gasteiger partial charge is 0.126 e. The number of hydrogen-bond acceptors (Lipinski definition) is 1. The molecule has 0 saturated heterocycles. The van der Waals surface area contributed by atoms with E-state index in [1.165, 1.54) is 6.07 Å².